The highest BCUT2D eigenvalue weighted by molar-refractivity contribution is 5.42. The first-order chi connectivity index (χ1) is 10.5. The lowest BCUT2D eigenvalue weighted by molar-refractivity contribution is 0.00976. The second kappa shape index (κ2) is 5.75. The Morgan fingerprint density at radius 1 is 1.18 bits per heavy atom. The molecule has 2 atom stereocenters. The fraction of sp³-hybridized carbons (Fsp3) is 0.368. The van der Waals surface area contributed by atoms with Gasteiger partial charge < -0.3 is 14.7 Å². The highest BCUT2D eigenvalue weighted by atomic mass is 16.5. The molecule has 0 aliphatic carbocycles. The molecule has 0 spiro atoms. The Morgan fingerprint density at radius 2 is 1.91 bits per heavy atom. The summed E-state index contributed by atoms with van der Waals surface area (Å²) in [6.45, 7) is 3.63. The summed E-state index contributed by atoms with van der Waals surface area (Å²) in [5.41, 5.74) is 2.50. The molecule has 0 amide bonds. The smallest absolute Gasteiger partial charge is 0.119 e. The summed E-state index contributed by atoms with van der Waals surface area (Å²) in [5, 5.41) is 11.2. The third kappa shape index (κ3) is 2.62. The van der Waals surface area contributed by atoms with Crippen LogP contribution in [0.3, 0.4) is 0 Å². The molecule has 1 aliphatic rings. The van der Waals surface area contributed by atoms with Crippen molar-refractivity contribution >= 4 is 0 Å². The van der Waals surface area contributed by atoms with Crippen LogP contribution < -0.4 is 4.74 Å². The molecule has 1 N–H and O–H groups in total. The average molecular weight is 297 g/mol. The van der Waals surface area contributed by atoms with Gasteiger partial charge in [-0.3, -0.25) is 0 Å². The van der Waals surface area contributed by atoms with Crippen molar-refractivity contribution in [2.24, 2.45) is 0 Å². The Bertz CT molecular complexity index is 652. The maximum absolute atomic E-state index is 11.2. The minimum Gasteiger partial charge on any atom is -0.497 e. The number of rotatable bonds is 3. The lowest BCUT2D eigenvalue weighted by Crippen LogP contribution is -2.41. The van der Waals surface area contributed by atoms with Gasteiger partial charge in [0.15, 0.2) is 0 Å². The fourth-order valence-corrected chi connectivity index (χ4v) is 3.41. The van der Waals surface area contributed by atoms with Crippen molar-refractivity contribution in [1.82, 2.24) is 4.90 Å². The number of likely N-dealkylation sites (N-methyl/N-ethyl adjacent to an activating group) is 1. The summed E-state index contributed by atoms with van der Waals surface area (Å²) in [4.78, 5) is 2.25. The number of hydrogen-bond donors (Lipinski definition) is 1. The van der Waals surface area contributed by atoms with Crippen LogP contribution in [0.15, 0.2) is 48.5 Å². The van der Waals surface area contributed by atoms with E-state index >= 15 is 0 Å². The van der Waals surface area contributed by atoms with Crippen LogP contribution in [0.4, 0.5) is 0 Å². The molecule has 22 heavy (non-hydrogen) atoms. The number of hydrogen-bond acceptors (Lipinski definition) is 3. The van der Waals surface area contributed by atoms with Gasteiger partial charge in [-0.15, -0.1) is 0 Å². The molecule has 0 aromatic heterocycles. The molecule has 3 heteroatoms. The van der Waals surface area contributed by atoms with Crippen molar-refractivity contribution in [3.8, 4) is 5.75 Å². The summed E-state index contributed by atoms with van der Waals surface area (Å²) in [6, 6.07) is 16.1. The van der Waals surface area contributed by atoms with Crippen LogP contribution in [-0.4, -0.2) is 30.7 Å². The zero-order chi connectivity index (χ0) is 15.7. The van der Waals surface area contributed by atoms with Crippen molar-refractivity contribution in [2.75, 3.05) is 20.7 Å². The molecule has 1 heterocycles. The molecule has 3 nitrogen and oxygen atoms in total. The molecule has 0 saturated heterocycles. The van der Waals surface area contributed by atoms with Gasteiger partial charge in [-0.1, -0.05) is 36.4 Å². The van der Waals surface area contributed by atoms with Crippen molar-refractivity contribution in [2.45, 2.75) is 25.0 Å². The SMILES string of the molecule is COc1ccc2c(c1)CN(C)CC2C(C)(O)c1ccccc1. The number of aliphatic hydroxyl groups is 1. The quantitative estimate of drug-likeness (QED) is 0.945. The predicted octanol–water partition coefficient (Wildman–Crippen LogP) is 3.13. The van der Waals surface area contributed by atoms with E-state index in [1.807, 2.05) is 43.3 Å². The first-order valence-electron chi connectivity index (χ1n) is 7.65. The number of benzene rings is 2. The van der Waals surface area contributed by atoms with Crippen LogP contribution >= 0.6 is 0 Å². The van der Waals surface area contributed by atoms with Gasteiger partial charge in [-0.05, 0) is 42.8 Å². The topological polar surface area (TPSA) is 32.7 Å². The lowest BCUT2D eigenvalue weighted by atomic mass is 9.75. The van der Waals surface area contributed by atoms with E-state index in [1.54, 1.807) is 7.11 Å². The molecule has 3 rings (SSSR count). The number of methoxy groups -OCH3 is 1. The molecule has 1 aliphatic heterocycles. The highest BCUT2D eigenvalue weighted by Gasteiger charge is 2.38. The minimum atomic E-state index is -0.903. The molecule has 2 aromatic rings. The van der Waals surface area contributed by atoms with E-state index in [-0.39, 0.29) is 5.92 Å². The molecule has 116 valence electrons. The maximum Gasteiger partial charge on any atom is 0.119 e. The second-order valence-electron chi connectivity index (χ2n) is 6.33. The maximum atomic E-state index is 11.2. The van der Waals surface area contributed by atoms with Gasteiger partial charge in [-0.25, -0.2) is 0 Å². The first kappa shape index (κ1) is 15.1. The zero-order valence-corrected chi connectivity index (χ0v) is 13.4. The van der Waals surface area contributed by atoms with Crippen molar-refractivity contribution in [1.29, 1.82) is 0 Å². The van der Waals surface area contributed by atoms with Crippen LogP contribution in [0, 0.1) is 0 Å². The Hall–Kier alpha value is -1.84. The molecule has 0 bridgehead atoms. The first-order valence-corrected chi connectivity index (χ1v) is 7.65. The standard InChI is InChI=1S/C19H23NO2/c1-19(21,15-7-5-4-6-8-15)18-13-20(2)12-14-11-16(22-3)9-10-17(14)18/h4-11,18,21H,12-13H2,1-3H3. The van der Waals surface area contributed by atoms with E-state index < -0.39 is 5.60 Å². The Kier molecular flexibility index (Phi) is 3.94. The largest absolute Gasteiger partial charge is 0.497 e. The highest BCUT2D eigenvalue weighted by Crippen LogP contribution is 2.42. The van der Waals surface area contributed by atoms with Gasteiger partial charge in [-0.2, -0.15) is 0 Å². The average Bonchev–Trinajstić information content (AvgIpc) is 2.54. The fourth-order valence-electron chi connectivity index (χ4n) is 3.41. The predicted molar refractivity (Wildman–Crippen MR) is 88.1 cm³/mol. The molecular formula is C19H23NO2. The van der Waals surface area contributed by atoms with Gasteiger partial charge in [0.05, 0.1) is 12.7 Å². The molecule has 0 saturated carbocycles. The van der Waals surface area contributed by atoms with Gasteiger partial charge in [0.2, 0.25) is 0 Å². The number of nitrogens with zero attached hydrogens (tertiary/aromatic N) is 1. The number of ether oxygens (including phenoxy) is 1. The minimum absolute atomic E-state index is 0.0366. The Balaban J connectivity index is 2.05. The molecule has 0 radical (unpaired) electrons. The summed E-state index contributed by atoms with van der Waals surface area (Å²) in [5.74, 6) is 0.904. The van der Waals surface area contributed by atoms with Gasteiger partial charge >= 0.3 is 0 Å². The summed E-state index contributed by atoms with van der Waals surface area (Å²) < 4.78 is 5.34. The van der Waals surface area contributed by atoms with Gasteiger partial charge in [0, 0.05) is 19.0 Å². The lowest BCUT2D eigenvalue weighted by Gasteiger charge is -2.41. The van der Waals surface area contributed by atoms with Gasteiger partial charge in [0.25, 0.3) is 0 Å². The molecule has 0 fully saturated rings. The second-order valence-corrected chi connectivity index (χ2v) is 6.33. The van der Waals surface area contributed by atoms with Crippen LogP contribution in [-0.2, 0) is 12.1 Å². The van der Waals surface area contributed by atoms with Crippen molar-refractivity contribution in [3.05, 3.63) is 65.2 Å². The van der Waals surface area contributed by atoms with Crippen LogP contribution in [0.25, 0.3) is 0 Å². The van der Waals surface area contributed by atoms with Crippen molar-refractivity contribution < 1.29 is 9.84 Å². The monoisotopic (exact) mass is 297 g/mol. The summed E-state index contributed by atoms with van der Waals surface area (Å²) in [7, 11) is 3.78. The van der Waals surface area contributed by atoms with Crippen molar-refractivity contribution in [3.63, 3.8) is 0 Å². The van der Waals surface area contributed by atoms with E-state index in [0.717, 1.165) is 24.4 Å². The Labute approximate surface area is 132 Å². The van der Waals surface area contributed by atoms with Crippen LogP contribution in [0.2, 0.25) is 0 Å². The normalized spacial score (nSPS) is 21.0. The number of fused-ring (bicyclic) bond motifs is 1. The summed E-state index contributed by atoms with van der Waals surface area (Å²) in [6.07, 6.45) is 0. The van der Waals surface area contributed by atoms with E-state index in [1.165, 1.54) is 11.1 Å². The molecule has 2 unspecified atom stereocenters. The van der Waals surface area contributed by atoms with E-state index in [9.17, 15) is 5.11 Å². The van der Waals surface area contributed by atoms with Gasteiger partial charge in [0.1, 0.15) is 5.75 Å². The van der Waals surface area contributed by atoms with E-state index in [4.69, 9.17) is 4.74 Å². The van der Waals surface area contributed by atoms with Crippen LogP contribution in [0.1, 0.15) is 29.5 Å². The zero-order valence-electron chi connectivity index (χ0n) is 13.4. The molecular weight excluding hydrogens is 274 g/mol. The van der Waals surface area contributed by atoms with E-state index in [0.29, 0.717) is 0 Å². The molecule has 2 aromatic carbocycles. The third-order valence-electron chi connectivity index (χ3n) is 4.70. The van der Waals surface area contributed by atoms with Crippen LogP contribution in [0.5, 0.6) is 5.75 Å². The Morgan fingerprint density at radius 3 is 2.59 bits per heavy atom. The summed E-state index contributed by atoms with van der Waals surface area (Å²) >= 11 is 0. The third-order valence-corrected chi connectivity index (χ3v) is 4.70. The van der Waals surface area contributed by atoms with E-state index in [2.05, 4.69) is 24.1 Å².